The first-order chi connectivity index (χ1) is 12.6. The largest absolute Gasteiger partial charge is 0.465 e. The van der Waals surface area contributed by atoms with Crippen LogP contribution in [0.25, 0.3) is 22.3 Å². The van der Waals surface area contributed by atoms with Gasteiger partial charge in [-0.05, 0) is 71.0 Å². The zero-order chi connectivity index (χ0) is 18.3. The molecule has 2 aromatic carbocycles. The summed E-state index contributed by atoms with van der Waals surface area (Å²) in [5, 5.41) is 2.12. The summed E-state index contributed by atoms with van der Waals surface area (Å²) in [6.07, 6.45) is 3.96. The molecule has 26 heavy (non-hydrogen) atoms. The molecule has 0 aliphatic heterocycles. The fourth-order valence-electron chi connectivity index (χ4n) is 3.60. The van der Waals surface area contributed by atoms with Gasteiger partial charge in [0.25, 0.3) is 0 Å². The van der Waals surface area contributed by atoms with E-state index in [-0.39, 0.29) is 5.97 Å². The number of hydrogen-bond donors (Lipinski definition) is 0. The van der Waals surface area contributed by atoms with E-state index in [0.717, 1.165) is 27.8 Å². The molecule has 0 N–H and O–H groups in total. The van der Waals surface area contributed by atoms with Crippen LogP contribution >= 0.6 is 39.0 Å². The van der Waals surface area contributed by atoms with Crippen LogP contribution in [0.4, 0.5) is 0 Å². The van der Waals surface area contributed by atoms with Crippen molar-refractivity contribution in [3.63, 3.8) is 0 Å². The van der Waals surface area contributed by atoms with Crippen molar-refractivity contribution in [2.24, 2.45) is 0 Å². The molecule has 0 atom stereocenters. The Kier molecular flexibility index (Phi) is 4.95. The number of halogens is 1. The molecule has 1 heterocycles. The first-order valence-corrected chi connectivity index (χ1v) is 11.2. The van der Waals surface area contributed by atoms with E-state index in [1.54, 1.807) is 23.1 Å². The Labute approximate surface area is 169 Å². The van der Waals surface area contributed by atoms with Crippen LogP contribution in [0, 0.1) is 0 Å². The first kappa shape index (κ1) is 17.8. The van der Waals surface area contributed by atoms with Crippen molar-refractivity contribution in [3.05, 3.63) is 62.3 Å². The molecule has 0 radical (unpaired) electrons. The molecule has 0 fully saturated rings. The van der Waals surface area contributed by atoms with Gasteiger partial charge < -0.3 is 4.74 Å². The van der Waals surface area contributed by atoms with Crippen LogP contribution in [0.2, 0.25) is 0 Å². The van der Waals surface area contributed by atoms with Crippen molar-refractivity contribution in [3.8, 4) is 22.3 Å². The zero-order valence-corrected chi connectivity index (χ0v) is 17.7. The van der Waals surface area contributed by atoms with E-state index in [4.69, 9.17) is 4.74 Å². The lowest BCUT2D eigenvalue weighted by Crippen LogP contribution is -2.12. The normalized spacial score (nSPS) is 12.4. The Morgan fingerprint density at radius 1 is 1.15 bits per heavy atom. The van der Waals surface area contributed by atoms with Crippen LogP contribution in [0.5, 0.6) is 0 Å². The van der Waals surface area contributed by atoms with Crippen LogP contribution in [0.1, 0.15) is 20.8 Å². The van der Waals surface area contributed by atoms with Crippen molar-refractivity contribution < 1.29 is 9.53 Å². The highest BCUT2D eigenvalue weighted by molar-refractivity contribution is 9.10. The topological polar surface area (TPSA) is 26.3 Å². The van der Waals surface area contributed by atoms with E-state index in [0.29, 0.717) is 5.56 Å². The monoisotopic (exact) mass is 444 g/mol. The van der Waals surface area contributed by atoms with Gasteiger partial charge in [-0.1, -0.05) is 28.1 Å². The first-order valence-electron chi connectivity index (χ1n) is 8.29. The molecule has 1 aliphatic carbocycles. The minimum absolute atomic E-state index is 0.257. The third-order valence-electron chi connectivity index (χ3n) is 4.78. The molecule has 2 nitrogen and oxygen atoms in total. The third kappa shape index (κ3) is 2.92. The van der Waals surface area contributed by atoms with Crippen LogP contribution in [-0.4, -0.2) is 19.3 Å². The maximum absolute atomic E-state index is 12.7. The molecule has 0 unspecified atom stereocenters. The Balaban J connectivity index is 2.06. The standard InChI is InChI=1S/C21H17BrO2S2/c1-24-21(23)20-18(25-2)11-16(12-3-5-13(22)6-4-12)14-7-8-17-15(19(14)20)9-10-26-17/h3-6,9-11H,7-8H2,1-2H3. The fraction of sp³-hybridized carbons (Fsp3) is 0.190. The van der Waals surface area contributed by atoms with Gasteiger partial charge in [0.15, 0.2) is 0 Å². The molecule has 1 aliphatic rings. The molecule has 4 rings (SSSR count). The highest BCUT2D eigenvalue weighted by Gasteiger charge is 2.29. The van der Waals surface area contributed by atoms with E-state index < -0.39 is 0 Å². The average Bonchev–Trinajstić information content (AvgIpc) is 3.15. The van der Waals surface area contributed by atoms with Gasteiger partial charge in [-0.2, -0.15) is 0 Å². The summed E-state index contributed by atoms with van der Waals surface area (Å²) in [5.41, 5.74) is 6.58. The quantitative estimate of drug-likeness (QED) is 0.342. The van der Waals surface area contributed by atoms with Gasteiger partial charge in [-0.25, -0.2) is 4.79 Å². The molecule has 132 valence electrons. The summed E-state index contributed by atoms with van der Waals surface area (Å²) in [7, 11) is 1.46. The highest BCUT2D eigenvalue weighted by Crippen LogP contribution is 2.46. The number of methoxy groups -OCH3 is 1. The summed E-state index contributed by atoms with van der Waals surface area (Å²) in [5.74, 6) is -0.257. The Bertz CT molecular complexity index is 990. The lowest BCUT2D eigenvalue weighted by molar-refractivity contribution is 0.0597. The van der Waals surface area contributed by atoms with Gasteiger partial charge in [0.05, 0.1) is 12.7 Å². The number of rotatable bonds is 3. The number of benzene rings is 2. The van der Waals surface area contributed by atoms with Crippen LogP contribution in [0.3, 0.4) is 0 Å². The molecule has 0 saturated carbocycles. The van der Waals surface area contributed by atoms with Gasteiger partial charge in [-0.15, -0.1) is 23.1 Å². The number of thiophene rings is 1. The number of carbonyl (C=O) groups is 1. The second-order valence-corrected chi connectivity index (χ2v) is 8.88. The SMILES string of the molecule is COC(=O)c1c(SC)cc(-c2ccc(Br)cc2)c2c1-c1ccsc1CC2. The Morgan fingerprint density at radius 2 is 1.92 bits per heavy atom. The average molecular weight is 445 g/mol. The predicted molar refractivity (Wildman–Crippen MR) is 113 cm³/mol. The molecule has 0 spiro atoms. The van der Waals surface area contributed by atoms with Gasteiger partial charge in [0.2, 0.25) is 0 Å². The number of ether oxygens (including phenoxy) is 1. The van der Waals surface area contributed by atoms with Gasteiger partial charge in [0.1, 0.15) is 0 Å². The fourth-order valence-corrected chi connectivity index (χ4v) is 5.38. The Morgan fingerprint density at radius 3 is 2.62 bits per heavy atom. The lowest BCUT2D eigenvalue weighted by atomic mass is 9.82. The van der Waals surface area contributed by atoms with Crippen LogP contribution in [-0.2, 0) is 17.6 Å². The maximum Gasteiger partial charge on any atom is 0.339 e. The van der Waals surface area contributed by atoms with Crippen molar-refractivity contribution in [2.75, 3.05) is 13.4 Å². The number of fused-ring (bicyclic) bond motifs is 3. The summed E-state index contributed by atoms with van der Waals surface area (Å²) >= 11 is 6.88. The van der Waals surface area contributed by atoms with Crippen LogP contribution in [0.15, 0.2) is 51.1 Å². The van der Waals surface area contributed by atoms with Crippen LogP contribution < -0.4 is 0 Å². The van der Waals surface area contributed by atoms with Crippen molar-refractivity contribution in [1.29, 1.82) is 0 Å². The molecule has 1 aromatic heterocycles. The summed E-state index contributed by atoms with van der Waals surface area (Å²) < 4.78 is 6.20. The number of aryl methyl sites for hydroxylation is 1. The second-order valence-electron chi connectivity index (χ2n) is 6.11. The second kappa shape index (κ2) is 7.22. The molecular weight excluding hydrogens is 428 g/mol. The molecule has 0 bridgehead atoms. The molecule has 3 aromatic rings. The number of esters is 1. The maximum atomic E-state index is 12.7. The minimum atomic E-state index is -0.257. The summed E-state index contributed by atoms with van der Waals surface area (Å²) in [6.45, 7) is 0. The van der Waals surface area contributed by atoms with E-state index in [9.17, 15) is 4.79 Å². The molecule has 5 heteroatoms. The van der Waals surface area contributed by atoms with Crippen molar-refractivity contribution in [1.82, 2.24) is 0 Å². The van der Waals surface area contributed by atoms with E-state index >= 15 is 0 Å². The Hall–Kier alpha value is -1.56. The van der Waals surface area contributed by atoms with E-state index in [2.05, 4.69) is 57.7 Å². The zero-order valence-electron chi connectivity index (χ0n) is 14.5. The summed E-state index contributed by atoms with van der Waals surface area (Å²) in [4.78, 5) is 15.0. The highest BCUT2D eigenvalue weighted by atomic mass is 79.9. The molecule has 0 saturated heterocycles. The van der Waals surface area contributed by atoms with E-state index in [1.807, 2.05) is 6.26 Å². The smallest absolute Gasteiger partial charge is 0.339 e. The van der Waals surface area contributed by atoms with Gasteiger partial charge in [0, 0.05) is 19.8 Å². The number of carbonyl (C=O) groups excluding carboxylic acids is 1. The van der Waals surface area contributed by atoms with E-state index in [1.165, 1.54) is 34.2 Å². The molecule has 0 amide bonds. The number of hydrogen-bond acceptors (Lipinski definition) is 4. The predicted octanol–water partition coefficient (Wildman–Crippen LogP) is 6.45. The lowest BCUT2D eigenvalue weighted by Gasteiger charge is -2.24. The molecular formula is C21H17BrO2S2. The number of thioether (sulfide) groups is 1. The van der Waals surface area contributed by atoms with Gasteiger partial charge >= 0.3 is 5.97 Å². The third-order valence-corrected chi connectivity index (χ3v) is 7.05. The summed E-state index contributed by atoms with van der Waals surface area (Å²) in [6, 6.07) is 12.7. The van der Waals surface area contributed by atoms with Gasteiger partial charge in [-0.3, -0.25) is 0 Å². The van der Waals surface area contributed by atoms with Crippen molar-refractivity contribution in [2.45, 2.75) is 17.7 Å². The minimum Gasteiger partial charge on any atom is -0.465 e. The van der Waals surface area contributed by atoms with Crippen molar-refractivity contribution >= 4 is 45.0 Å².